The molecule has 2 aliphatic heterocycles. The summed E-state index contributed by atoms with van der Waals surface area (Å²) < 4.78 is 11.0. The van der Waals surface area contributed by atoms with Crippen molar-refractivity contribution in [1.82, 2.24) is 9.80 Å². The SMILES string of the molecule is CCOc1ccc(NC(=O)C[C@H]2C(=O)N(c3ccc(OCC)cc3)C(=S)N2CCCN2CCC(C)CC2)cc1. The normalized spacial score (nSPS) is 18.5. The third kappa shape index (κ3) is 7.48. The molecule has 0 unspecified atom stereocenters. The summed E-state index contributed by atoms with van der Waals surface area (Å²) >= 11 is 5.83. The predicted molar refractivity (Wildman–Crippen MR) is 159 cm³/mol. The van der Waals surface area contributed by atoms with E-state index in [1.807, 2.05) is 55.1 Å². The van der Waals surface area contributed by atoms with Gasteiger partial charge in [-0.2, -0.15) is 0 Å². The van der Waals surface area contributed by atoms with Crippen LogP contribution in [0, 0.1) is 5.92 Å². The Morgan fingerprint density at radius 2 is 1.54 bits per heavy atom. The molecule has 2 aliphatic rings. The van der Waals surface area contributed by atoms with Crippen LogP contribution in [0.4, 0.5) is 11.4 Å². The smallest absolute Gasteiger partial charge is 0.256 e. The van der Waals surface area contributed by atoms with Gasteiger partial charge in [0.25, 0.3) is 5.91 Å². The van der Waals surface area contributed by atoms with Crippen LogP contribution in [0.2, 0.25) is 0 Å². The number of rotatable bonds is 12. The van der Waals surface area contributed by atoms with Crippen molar-refractivity contribution < 1.29 is 19.1 Å². The number of amides is 2. The van der Waals surface area contributed by atoms with Crippen LogP contribution in [0.3, 0.4) is 0 Å². The standard InChI is InChI=1S/C30H40N4O4S/c1-4-37-25-11-7-23(8-12-25)31-28(35)21-27-29(36)34(24-9-13-26(14-10-24)38-5-2)30(39)33(27)18-6-17-32-19-15-22(3)16-20-32/h7-14,22,27H,4-6,15-21H2,1-3H3,(H,31,35)/t27-/m0/s1. The highest BCUT2D eigenvalue weighted by Crippen LogP contribution is 2.29. The number of hydrogen-bond donors (Lipinski definition) is 1. The number of carbonyl (C=O) groups excluding carboxylic acids is 2. The highest BCUT2D eigenvalue weighted by atomic mass is 32.1. The van der Waals surface area contributed by atoms with E-state index in [-0.39, 0.29) is 18.2 Å². The molecular weight excluding hydrogens is 512 g/mol. The van der Waals surface area contributed by atoms with E-state index >= 15 is 0 Å². The number of thiocarbonyl (C=S) groups is 1. The van der Waals surface area contributed by atoms with Gasteiger partial charge in [0.15, 0.2) is 5.11 Å². The molecule has 39 heavy (non-hydrogen) atoms. The van der Waals surface area contributed by atoms with Crippen molar-refractivity contribution in [3.63, 3.8) is 0 Å². The molecule has 0 aliphatic carbocycles. The summed E-state index contributed by atoms with van der Waals surface area (Å²) in [6, 6.07) is 13.9. The van der Waals surface area contributed by atoms with Gasteiger partial charge in [0, 0.05) is 12.2 Å². The number of carbonyl (C=O) groups is 2. The molecule has 0 saturated carbocycles. The highest BCUT2D eigenvalue weighted by molar-refractivity contribution is 7.80. The molecule has 1 atom stereocenters. The van der Waals surface area contributed by atoms with Gasteiger partial charge >= 0.3 is 0 Å². The summed E-state index contributed by atoms with van der Waals surface area (Å²) in [5.74, 6) is 1.85. The van der Waals surface area contributed by atoms with Crippen molar-refractivity contribution >= 4 is 40.5 Å². The number of nitrogens with zero attached hydrogens (tertiary/aromatic N) is 3. The minimum Gasteiger partial charge on any atom is -0.494 e. The van der Waals surface area contributed by atoms with Gasteiger partial charge in [0.1, 0.15) is 17.5 Å². The molecule has 9 heteroatoms. The van der Waals surface area contributed by atoms with Gasteiger partial charge in [-0.25, -0.2) is 0 Å². The van der Waals surface area contributed by atoms with Crippen molar-refractivity contribution in [2.75, 3.05) is 49.6 Å². The molecule has 210 valence electrons. The van der Waals surface area contributed by atoms with E-state index in [0.717, 1.165) is 43.5 Å². The summed E-state index contributed by atoms with van der Waals surface area (Å²) in [6.07, 6.45) is 3.33. The molecule has 2 aromatic rings. The summed E-state index contributed by atoms with van der Waals surface area (Å²) in [7, 11) is 0. The maximum Gasteiger partial charge on any atom is 0.256 e. The summed E-state index contributed by atoms with van der Waals surface area (Å²) in [6.45, 7) is 11.1. The van der Waals surface area contributed by atoms with Crippen molar-refractivity contribution in [2.45, 2.75) is 52.5 Å². The zero-order chi connectivity index (χ0) is 27.8. The van der Waals surface area contributed by atoms with Gasteiger partial charge in [-0.1, -0.05) is 6.92 Å². The fourth-order valence-electron chi connectivity index (χ4n) is 5.12. The minimum absolute atomic E-state index is 0.0148. The third-order valence-corrected chi connectivity index (χ3v) is 7.72. The minimum atomic E-state index is -0.659. The molecule has 1 N–H and O–H groups in total. The quantitative estimate of drug-likeness (QED) is 0.374. The molecule has 2 saturated heterocycles. The highest BCUT2D eigenvalue weighted by Gasteiger charge is 2.44. The number of anilines is 2. The number of hydrogen-bond acceptors (Lipinski definition) is 6. The average molecular weight is 553 g/mol. The van der Waals surface area contributed by atoms with Crippen LogP contribution in [-0.2, 0) is 9.59 Å². The Hall–Kier alpha value is -3.17. The largest absolute Gasteiger partial charge is 0.494 e. The van der Waals surface area contributed by atoms with Gasteiger partial charge in [-0.05, 0) is 119 Å². The monoisotopic (exact) mass is 552 g/mol. The van der Waals surface area contributed by atoms with Crippen LogP contribution in [0.5, 0.6) is 11.5 Å². The number of benzene rings is 2. The third-order valence-electron chi connectivity index (χ3n) is 7.30. The van der Waals surface area contributed by atoms with Crippen LogP contribution in [-0.4, -0.2) is 72.2 Å². The number of ether oxygens (including phenoxy) is 2. The molecule has 0 bridgehead atoms. The molecular formula is C30H40N4O4S. The van der Waals surface area contributed by atoms with Gasteiger partial charge in [0.2, 0.25) is 5.91 Å². The summed E-state index contributed by atoms with van der Waals surface area (Å²) in [5, 5.41) is 3.36. The van der Waals surface area contributed by atoms with E-state index in [1.54, 1.807) is 17.0 Å². The Bertz CT molecular complexity index is 1120. The average Bonchev–Trinajstić information content (AvgIpc) is 3.15. The zero-order valence-electron chi connectivity index (χ0n) is 23.2. The maximum absolute atomic E-state index is 13.7. The molecule has 2 aromatic carbocycles. The number of piperidine rings is 1. The van der Waals surface area contributed by atoms with Gasteiger partial charge < -0.3 is 24.6 Å². The lowest BCUT2D eigenvalue weighted by atomic mass is 9.99. The Kier molecular flexibility index (Phi) is 10.2. The zero-order valence-corrected chi connectivity index (χ0v) is 24.0. The Morgan fingerprint density at radius 3 is 2.13 bits per heavy atom. The molecule has 2 heterocycles. The lowest BCUT2D eigenvalue weighted by Crippen LogP contribution is -2.40. The molecule has 0 spiro atoms. The first-order valence-electron chi connectivity index (χ1n) is 14.0. The second-order valence-corrected chi connectivity index (χ2v) is 10.5. The first kappa shape index (κ1) is 28.8. The molecule has 2 amide bonds. The number of likely N-dealkylation sites (tertiary alicyclic amines) is 1. The van der Waals surface area contributed by atoms with Gasteiger partial charge in [0.05, 0.1) is 25.3 Å². The topological polar surface area (TPSA) is 74.3 Å². The second kappa shape index (κ2) is 13.8. The molecule has 0 aromatic heterocycles. The van der Waals surface area contributed by atoms with Gasteiger partial charge in [-0.3, -0.25) is 14.5 Å². The van der Waals surface area contributed by atoms with Crippen LogP contribution in [0.1, 0.15) is 46.5 Å². The van der Waals surface area contributed by atoms with E-state index in [2.05, 4.69) is 17.1 Å². The second-order valence-electron chi connectivity index (χ2n) is 10.2. The van der Waals surface area contributed by atoms with Crippen molar-refractivity contribution in [1.29, 1.82) is 0 Å². The molecule has 2 fully saturated rings. The fraction of sp³-hybridized carbons (Fsp3) is 0.500. The molecule has 8 nitrogen and oxygen atoms in total. The number of nitrogens with one attached hydrogen (secondary N) is 1. The van der Waals surface area contributed by atoms with Crippen LogP contribution >= 0.6 is 12.2 Å². The molecule has 0 radical (unpaired) electrons. The van der Waals surface area contributed by atoms with Crippen molar-refractivity contribution in [2.24, 2.45) is 5.92 Å². The van der Waals surface area contributed by atoms with E-state index in [9.17, 15) is 9.59 Å². The first-order valence-corrected chi connectivity index (χ1v) is 14.4. The van der Waals surface area contributed by atoms with E-state index in [1.165, 1.54) is 12.8 Å². The lowest BCUT2D eigenvalue weighted by Gasteiger charge is -2.31. The summed E-state index contributed by atoms with van der Waals surface area (Å²) in [5.41, 5.74) is 1.34. The van der Waals surface area contributed by atoms with E-state index < -0.39 is 6.04 Å². The molecule has 4 rings (SSSR count). The van der Waals surface area contributed by atoms with Crippen LogP contribution in [0.25, 0.3) is 0 Å². The van der Waals surface area contributed by atoms with Crippen molar-refractivity contribution in [3.05, 3.63) is 48.5 Å². The van der Waals surface area contributed by atoms with Gasteiger partial charge in [-0.15, -0.1) is 0 Å². The maximum atomic E-state index is 13.7. The van der Waals surface area contributed by atoms with E-state index in [0.29, 0.717) is 36.2 Å². The fourth-order valence-corrected chi connectivity index (χ4v) is 5.54. The van der Waals surface area contributed by atoms with Crippen LogP contribution in [0.15, 0.2) is 48.5 Å². The van der Waals surface area contributed by atoms with Crippen LogP contribution < -0.4 is 19.7 Å². The lowest BCUT2D eigenvalue weighted by molar-refractivity contribution is -0.124. The van der Waals surface area contributed by atoms with E-state index in [4.69, 9.17) is 21.7 Å². The first-order chi connectivity index (χ1) is 18.9. The summed E-state index contributed by atoms with van der Waals surface area (Å²) in [4.78, 5) is 32.8. The Morgan fingerprint density at radius 1 is 0.949 bits per heavy atom. The Balaban J connectivity index is 1.45. The predicted octanol–water partition coefficient (Wildman–Crippen LogP) is 4.94. The van der Waals surface area contributed by atoms with Crippen molar-refractivity contribution in [3.8, 4) is 11.5 Å². The Labute approximate surface area is 237 Å².